The molecule has 0 aliphatic heterocycles. The predicted molar refractivity (Wildman–Crippen MR) is 78.0 cm³/mol. The maximum absolute atomic E-state index is 13.6. The van der Waals surface area contributed by atoms with Crippen LogP contribution in [0.4, 0.5) is 15.8 Å². The minimum atomic E-state index is -0.474. The lowest BCUT2D eigenvalue weighted by Crippen LogP contribution is -2.14. The van der Waals surface area contributed by atoms with Crippen molar-refractivity contribution in [2.45, 2.75) is 0 Å². The van der Waals surface area contributed by atoms with Crippen molar-refractivity contribution >= 4 is 33.2 Å². The topological polar surface area (TPSA) is 41.1 Å². The van der Waals surface area contributed by atoms with Gasteiger partial charge in [0, 0.05) is 17.2 Å². The molecule has 0 aliphatic carbocycles. The van der Waals surface area contributed by atoms with E-state index < -0.39 is 5.82 Å². The Morgan fingerprint density at radius 2 is 1.89 bits per heavy atom. The van der Waals surface area contributed by atoms with Crippen molar-refractivity contribution in [3.63, 3.8) is 0 Å². The fourth-order valence-electron chi connectivity index (χ4n) is 1.68. The normalized spacial score (nSPS) is 10.1. The number of amides is 1. The molecule has 0 unspecified atom stereocenters. The van der Waals surface area contributed by atoms with Crippen LogP contribution in [0.2, 0.25) is 0 Å². The number of hydrogen-bond donors (Lipinski definition) is 2. The minimum absolute atomic E-state index is 0.144. The van der Waals surface area contributed by atoms with Gasteiger partial charge in [-0.2, -0.15) is 0 Å². The van der Waals surface area contributed by atoms with E-state index in [1.807, 2.05) is 6.07 Å². The van der Waals surface area contributed by atoms with Gasteiger partial charge in [-0.05, 0) is 30.3 Å². The van der Waals surface area contributed by atoms with E-state index in [2.05, 4.69) is 26.6 Å². The Bertz CT molecular complexity index is 616. The van der Waals surface area contributed by atoms with Crippen LogP contribution in [0.3, 0.4) is 0 Å². The van der Waals surface area contributed by atoms with Gasteiger partial charge in [0.05, 0.1) is 11.3 Å². The molecular formula is C14H12BrFN2O. The van der Waals surface area contributed by atoms with Crippen LogP contribution in [0.15, 0.2) is 46.9 Å². The molecule has 3 nitrogen and oxygen atoms in total. The Balaban J connectivity index is 2.28. The number of anilines is 2. The average molecular weight is 323 g/mol. The summed E-state index contributed by atoms with van der Waals surface area (Å²) < 4.78 is 14.3. The van der Waals surface area contributed by atoms with Crippen molar-refractivity contribution in [3.8, 4) is 0 Å². The summed E-state index contributed by atoms with van der Waals surface area (Å²) in [5.74, 6) is -0.833. The van der Waals surface area contributed by atoms with Gasteiger partial charge >= 0.3 is 0 Å². The maximum Gasteiger partial charge on any atom is 0.257 e. The summed E-state index contributed by atoms with van der Waals surface area (Å²) in [6, 6.07) is 11.4. The first-order chi connectivity index (χ1) is 9.11. The first kappa shape index (κ1) is 13.5. The minimum Gasteiger partial charge on any atom is -0.387 e. The fraction of sp³-hybridized carbons (Fsp3) is 0.0714. The standard InChI is InChI=1S/C14H12BrFN2O/c1-17-12-5-3-2-4-10(12)14(19)18-13-8-9(15)6-7-11(13)16/h2-8,17H,1H3,(H,18,19). The second-order valence-corrected chi connectivity index (χ2v) is 4.79. The van der Waals surface area contributed by atoms with E-state index in [4.69, 9.17) is 0 Å². The van der Waals surface area contributed by atoms with Crippen LogP contribution in [-0.2, 0) is 0 Å². The molecule has 2 rings (SSSR count). The lowest BCUT2D eigenvalue weighted by atomic mass is 10.1. The van der Waals surface area contributed by atoms with Gasteiger partial charge in [-0.25, -0.2) is 4.39 Å². The Labute approximate surface area is 119 Å². The highest BCUT2D eigenvalue weighted by Gasteiger charge is 2.12. The quantitative estimate of drug-likeness (QED) is 0.900. The average Bonchev–Trinajstić information content (AvgIpc) is 2.42. The van der Waals surface area contributed by atoms with E-state index in [-0.39, 0.29) is 11.6 Å². The second-order valence-electron chi connectivity index (χ2n) is 3.87. The molecule has 0 saturated heterocycles. The van der Waals surface area contributed by atoms with Gasteiger partial charge in [0.25, 0.3) is 5.91 Å². The highest BCUT2D eigenvalue weighted by Crippen LogP contribution is 2.22. The number of rotatable bonds is 3. The lowest BCUT2D eigenvalue weighted by Gasteiger charge is -2.10. The molecule has 0 radical (unpaired) electrons. The summed E-state index contributed by atoms with van der Waals surface area (Å²) >= 11 is 3.24. The van der Waals surface area contributed by atoms with Gasteiger partial charge in [0.1, 0.15) is 5.82 Å². The molecule has 98 valence electrons. The predicted octanol–water partition coefficient (Wildman–Crippen LogP) is 3.88. The highest BCUT2D eigenvalue weighted by atomic mass is 79.9. The van der Waals surface area contributed by atoms with Gasteiger partial charge in [0.2, 0.25) is 0 Å². The van der Waals surface area contributed by atoms with E-state index in [0.29, 0.717) is 15.7 Å². The number of carbonyl (C=O) groups is 1. The van der Waals surface area contributed by atoms with Gasteiger partial charge in [-0.3, -0.25) is 4.79 Å². The monoisotopic (exact) mass is 322 g/mol. The zero-order chi connectivity index (χ0) is 13.8. The highest BCUT2D eigenvalue weighted by molar-refractivity contribution is 9.10. The van der Waals surface area contributed by atoms with Gasteiger partial charge < -0.3 is 10.6 Å². The smallest absolute Gasteiger partial charge is 0.257 e. The van der Waals surface area contributed by atoms with Crippen molar-refractivity contribution in [2.75, 3.05) is 17.7 Å². The van der Waals surface area contributed by atoms with Crippen LogP contribution in [0.25, 0.3) is 0 Å². The summed E-state index contributed by atoms with van der Waals surface area (Å²) in [6.45, 7) is 0. The van der Waals surface area contributed by atoms with Crippen molar-refractivity contribution in [3.05, 3.63) is 58.3 Å². The van der Waals surface area contributed by atoms with Crippen LogP contribution < -0.4 is 10.6 Å². The third-order valence-corrected chi connectivity index (χ3v) is 3.11. The molecule has 0 fully saturated rings. The molecule has 2 aromatic carbocycles. The van der Waals surface area contributed by atoms with Crippen LogP contribution >= 0.6 is 15.9 Å². The molecular weight excluding hydrogens is 311 g/mol. The van der Waals surface area contributed by atoms with E-state index in [0.717, 1.165) is 0 Å². The molecule has 0 atom stereocenters. The fourth-order valence-corrected chi connectivity index (χ4v) is 2.04. The zero-order valence-corrected chi connectivity index (χ0v) is 11.8. The third kappa shape index (κ3) is 3.12. The molecule has 0 aliphatic rings. The Kier molecular flexibility index (Phi) is 4.16. The zero-order valence-electron chi connectivity index (χ0n) is 10.2. The molecule has 2 aromatic rings. The lowest BCUT2D eigenvalue weighted by molar-refractivity contribution is 0.102. The Morgan fingerprint density at radius 1 is 1.16 bits per heavy atom. The number of nitrogens with one attached hydrogen (secondary N) is 2. The van der Waals surface area contributed by atoms with Crippen molar-refractivity contribution in [1.82, 2.24) is 0 Å². The van der Waals surface area contributed by atoms with Crippen LogP contribution in [0, 0.1) is 5.82 Å². The SMILES string of the molecule is CNc1ccccc1C(=O)Nc1cc(Br)ccc1F. The van der Waals surface area contributed by atoms with Crippen molar-refractivity contribution in [2.24, 2.45) is 0 Å². The molecule has 0 saturated carbocycles. The molecule has 2 N–H and O–H groups in total. The molecule has 0 bridgehead atoms. The molecule has 19 heavy (non-hydrogen) atoms. The molecule has 0 heterocycles. The number of para-hydroxylation sites is 1. The number of halogens is 2. The molecule has 5 heteroatoms. The van der Waals surface area contributed by atoms with Crippen LogP contribution in [-0.4, -0.2) is 13.0 Å². The van der Waals surface area contributed by atoms with Gasteiger partial charge in [-0.1, -0.05) is 28.1 Å². The van der Waals surface area contributed by atoms with E-state index in [9.17, 15) is 9.18 Å². The van der Waals surface area contributed by atoms with E-state index in [1.54, 1.807) is 31.3 Å². The van der Waals surface area contributed by atoms with Crippen LogP contribution in [0.1, 0.15) is 10.4 Å². The third-order valence-electron chi connectivity index (χ3n) is 2.62. The second kappa shape index (κ2) is 5.84. The summed E-state index contributed by atoms with van der Waals surface area (Å²) in [4.78, 5) is 12.1. The Hall–Kier alpha value is -1.88. The summed E-state index contributed by atoms with van der Waals surface area (Å²) in [5, 5.41) is 5.48. The van der Waals surface area contributed by atoms with Gasteiger partial charge in [0.15, 0.2) is 0 Å². The van der Waals surface area contributed by atoms with E-state index in [1.165, 1.54) is 12.1 Å². The number of hydrogen-bond acceptors (Lipinski definition) is 2. The van der Waals surface area contributed by atoms with Gasteiger partial charge in [-0.15, -0.1) is 0 Å². The number of carbonyl (C=O) groups excluding carboxylic acids is 1. The first-order valence-electron chi connectivity index (χ1n) is 5.65. The Morgan fingerprint density at radius 3 is 2.63 bits per heavy atom. The van der Waals surface area contributed by atoms with Crippen molar-refractivity contribution < 1.29 is 9.18 Å². The molecule has 0 aromatic heterocycles. The largest absolute Gasteiger partial charge is 0.387 e. The van der Waals surface area contributed by atoms with Crippen molar-refractivity contribution in [1.29, 1.82) is 0 Å². The summed E-state index contributed by atoms with van der Waals surface area (Å²) in [5.41, 5.74) is 1.30. The van der Waals surface area contributed by atoms with Crippen LogP contribution in [0.5, 0.6) is 0 Å². The number of benzene rings is 2. The first-order valence-corrected chi connectivity index (χ1v) is 6.44. The van der Waals surface area contributed by atoms with E-state index >= 15 is 0 Å². The molecule has 1 amide bonds. The summed E-state index contributed by atoms with van der Waals surface area (Å²) in [7, 11) is 1.73. The summed E-state index contributed by atoms with van der Waals surface area (Å²) in [6.07, 6.45) is 0. The maximum atomic E-state index is 13.6. The molecule has 0 spiro atoms.